The molecule has 2 heterocycles. The van der Waals surface area contributed by atoms with E-state index in [9.17, 15) is 26.3 Å². The SMILES string of the molecule is CC(C)N(Cc1[nH]nnc1CN1CCO[C@H](O[C@H](C)c2cc(C(F)(F)F)cc(C(F)(F)F)c2)[C@@H]1c1ccccc1)C(C)C. The highest BCUT2D eigenvalue weighted by Crippen LogP contribution is 2.40. The molecule has 0 radical (unpaired) electrons. The van der Waals surface area contributed by atoms with Crippen LogP contribution < -0.4 is 0 Å². The number of hydrogen-bond donors (Lipinski definition) is 1. The first-order valence-corrected chi connectivity index (χ1v) is 14.1. The molecule has 3 atom stereocenters. The summed E-state index contributed by atoms with van der Waals surface area (Å²) in [4.78, 5) is 4.38. The van der Waals surface area contributed by atoms with E-state index in [-0.39, 0.29) is 30.3 Å². The van der Waals surface area contributed by atoms with Crippen LogP contribution in [0.2, 0.25) is 0 Å². The van der Waals surface area contributed by atoms with Crippen molar-refractivity contribution in [1.82, 2.24) is 25.2 Å². The van der Waals surface area contributed by atoms with E-state index in [1.807, 2.05) is 30.3 Å². The summed E-state index contributed by atoms with van der Waals surface area (Å²) in [6, 6.07) is 10.8. The quantitative estimate of drug-likeness (QED) is 0.245. The Kier molecular flexibility index (Phi) is 10.2. The van der Waals surface area contributed by atoms with E-state index in [4.69, 9.17) is 9.47 Å². The molecular weight excluding hydrogens is 576 g/mol. The van der Waals surface area contributed by atoms with E-state index in [1.165, 1.54) is 6.92 Å². The molecule has 1 aromatic heterocycles. The van der Waals surface area contributed by atoms with Gasteiger partial charge in [-0.25, -0.2) is 0 Å². The number of benzene rings is 2. The largest absolute Gasteiger partial charge is 0.416 e. The van der Waals surface area contributed by atoms with Gasteiger partial charge in [0.15, 0.2) is 6.29 Å². The zero-order chi connectivity index (χ0) is 31.5. The summed E-state index contributed by atoms with van der Waals surface area (Å²) in [6.45, 7) is 11.6. The summed E-state index contributed by atoms with van der Waals surface area (Å²) in [7, 11) is 0. The number of H-pyrrole nitrogens is 1. The molecule has 0 aliphatic carbocycles. The second kappa shape index (κ2) is 13.3. The van der Waals surface area contributed by atoms with Crippen LogP contribution >= 0.6 is 0 Å². The van der Waals surface area contributed by atoms with Crippen molar-refractivity contribution >= 4 is 0 Å². The van der Waals surface area contributed by atoms with Crippen molar-refractivity contribution < 1.29 is 35.8 Å². The summed E-state index contributed by atoms with van der Waals surface area (Å²) < 4.78 is 93.2. The standard InChI is InChI=1S/C30H37F6N5O2/c1-18(2)41(19(3)4)17-26-25(37-39-38-26)16-40-11-12-42-28(27(40)21-9-7-6-8-10-21)43-20(5)22-13-23(29(31,32)33)15-24(14-22)30(34,35)36/h6-10,13-15,18-20,27-28H,11-12,16-17H2,1-5H3,(H,37,38,39)/t20-,27+,28-/m1/s1. The van der Waals surface area contributed by atoms with Crippen molar-refractivity contribution in [1.29, 1.82) is 0 Å². The molecule has 1 aliphatic rings. The van der Waals surface area contributed by atoms with Crippen LogP contribution in [0, 0.1) is 0 Å². The lowest BCUT2D eigenvalue weighted by molar-refractivity contribution is -0.231. The Morgan fingerprint density at radius 3 is 2.12 bits per heavy atom. The molecule has 1 N–H and O–H groups in total. The predicted octanol–water partition coefficient (Wildman–Crippen LogP) is 7.14. The van der Waals surface area contributed by atoms with Crippen molar-refractivity contribution in [3.8, 4) is 0 Å². The first-order valence-electron chi connectivity index (χ1n) is 14.1. The van der Waals surface area contributed by atoms with E-state index in [0.717, 1.165) is 17.0 Å². The normalized spacial score (nSPS) is 19.5. The Balaban J connectivity index is 1.63. The third kappa shape index (κ3) is 8.14. The number of rotatable bonds is 10. The maximum atomic E-state index is 13.5. The minimum Gasteiger partial charge on any atom is -0.349 e. The van der Waals surface area contributed by atoms with Crippen molar-refractivity contribution in [3.63, 3.8) is 0 Å². The van der Waals surface area contributed by atoms with E-state index < -0.39 is 41.9 Å². The Hall–Kier alpha value is -3.00. The van der Waals surface area contributed by atoms with E-state index in [2.05, 4.69) is 52.9 Å². The number of morpholine rings is 1. The third-order valence-corrected chi connectivity index (χ3v) is 7.59. The Labute approximate surface area is 247 Å². The van der Waals surface area contributed by atoms with Gasteiger partial charge in [0.1, 0.15) is 5.69 Å². The van der Waals surface area contributed by atoms with Gasteiger partial charge in [-0.3, -0.25) is 14.9 Å². The summed E-state index contributed by atoms with van der Waals surface area (Å²) in [5.74, 6) is 0. The number of aromatic amines is 1. The van der Waals surface area contributed by atoms with Gasteiger partial charge in [-0.2, -0.15) is 26.3 Å². The maximum Gasteiger partial charge on any atom is 0.416 e. The van der Waals surface area contributed by atoms with Gasteiger partial charge in [-0.05, 0) is 63.9 Å². The number of nitrogens with zero attached hydrogens (tertiary/aromatic N) is 4. The second-order valence-corrected chi connectivity index (χ2v) is 11.3. The molecule has 1 saturated heterocycles. The maximum absolute atomic E-state index is 13.5. The molecular formula is C30H37F6N5O2. The molecule has 7 nitrogen and oxygen atoms in total. The topological polar surface area (TPSA) is 66.5 Å². The molecule has 1 aliphatic heterocycles. The van der Waals surface area contributed by atoms with Gasteiger partial charge in [0.05, 0.1) is 35.6 Å². The number of alkyl halides is 6. The fraction of sp³-hybridized carbons (Fsp3) is 0.533. The fourth-order valence-electron chi connectivity index (χ4n) is 5.35. The molecule has 2 aromatic carbocycles. The lowest BCUT2D eigenvalue weighted by Gasteiger charge is -2.42. The minimum absolute atomic E-state index is 0.108. The number of hydrogen-bond acceptors (Lipinski definition) is 6. The van der Waals surface area contributed by atoms with Crippen LogP contribution in [0.15, 0.2) is 48.5 Å². The number of halogens is 6. The summed E-state index contributed by atoms with van der Waals surface area (Å²) >= 11 is 0. The fourth-order valence-corrected chi connectivity index (χ4v) is 5.35. The Morgan fingerprint density at radius 1 is 0.953 bits per heavy atom. The van der Waals surface area contributed by atoms with Crippen LogP contribution in [0.3, 0.4) is 0 Å². The molecule has 1 fully saturated rings. The highest BCUT2D eigenvalue weighted by Gasteiger charge is 2.39. The van der Waals surface area contributed by atoms with E-state index in [0.29, 0.717) is 31.8 Å². The van der Waals surface area contributed by atoms with Gasteiger partial charge in [0, 0.05) is 31.7 Å². The number of nitrogens with one attached hydrogen (secondary N) is 1. The number of aromatic nitrogens is 3. The third-order valence-electron chi connectivity index (χ3n) is 7.59. The highest BCUT2D eigenvalue weighted by molar-refractivity contribution is 5.35. The first kappa shape index (κ1) is 32.9. The zero-order valence-electron chi connectivity index (χ0n) is 24.7. The Bertz CT molecular complexity index is 1290. The average molecular weight is 614 g/mol. The summed E-state index contributed by atoms with van der Waals surface area (Å²) in [5, 5.41) is 11.4. The van der Waals surface area contributed by atoms with Crippen molar-refractivity contribution in [2.24, 2.45) is 0 Å². The molecule has 4 rings (SSSR count). The lowest BCUT2D eigenvalue weighted by atomic mass is 10.0. The molecule has 0 bridgehead atoms. The average Bonchev–Trinajstić information content (AvgIpc) is 3.37. The smallest absolute Gasteiger partial charge is 0.349 e. The monoisotopic (exact) mass is 613 g/mol. The van der Waals surface area contributed by atoms with Crippen LogP contribution in [0.5, 0.6) is 0 Å². The van der Waals surface area contributed by atoms with E-state index in [1.54, 1.807) is 0 Å². The van der Waals surface area contributed by atoms with Crippen molar-refractivity contribution in [2.45, 2.75) is 90.6 Å². The molecule has 0 saturated carbocycles. The summed E-state index contributed by atoms with van der Waals surface area (Å²) in [6.07, 6.45) is -12.1. The van der Waals surface area contributed by atoms with E-state index >= 15 is 0 Å². The first-order chi connectivity index (χ1) is 20.1. The van der Waals surface area contributed by atoms with Crippen LogP contribution in [0.25, 0.3) is 0 Å². The van der Waals surface area contributed by atoms with Gasteiger partial charge in [0.25, 0.3) is 0 Å². The predicted molar refractivity (Wildman–Crippen MR) is 147 cm³/mol. The molecule has 43 heavy (non-hydrogen) atoms. The van der Waals surface area contributed by atoms with Gasteiger partial charge < -0.3 is 9.47 Å². The highest BCUT2D eigenvalue weighted by atomic mass is 19.4. The molecule has 0 amide bonds. The minimum atomic E-state index is -4.96. The van der Waals surface area contributed by atoms with Crippen LogP contribution in [-0.4, -0.2) is 56.7 Å². The Morgan fingerprint density at radius 2 is 1.56 bits per heavy atom. The van der Waals surface area contributed by atoms with Crippen molar-refractivity contribution in [3.05, 3.63) is 82.2 Å². The molecule has 0 unspecified atom stereocenters. The van der Waals surface area contributed by atoms with Gasteiger partial charge in [-0.15, -0.1) is 5.10 Å². The van der Waals surface area contributed by atoms with Crippen LogP contribution in [-0.2, 0) is 34.9 Å². The van der Waals surface area contributed by atoms with Crippen LogP contribution in [0.4, 0.5) is 26.3 Å². The number of ether oxygens (including phenoxy) is 2. The second-order valence-electron chi connectivity index (χ2n) is 11.3. The zero-order valence-corrected chi connectivity index (χ0v) is 24.7. The van der Waals surface area contributed by atoms with Gasteiger partial charge >= 0.3 is 12.4 Å². The molecule has 3 aromatic rings. The van der Waals surface area contributed by atoms with Crippen LogP contribution in [0.1, 0.15) is 80.4 Å². The van der Waals surface area contributed by atoms with Gasteiger partial charge in [0.2, 0.25) is 0 Å². The van der Waals surface area contributed by atoms with Gasteiger partial charge in [-0.1, -0.05) is 35.5 Å². The summed E-state index contributed by atoms with van der Waals surface area (Å²) in [5.41, 5.74) is -0.641. The van der Waals surface area contributed by atoms with Crippen molar-refractivity contribution in [2.75, 3.05) is 13.2 Å². The molecule has 13 heteroatoms. The lowest BCUT2D eigenvalue weighted by Crippen LogP contribution is -2.46. The molecule has 0 spiro atoms. The molecule has 236 valence electrons.